The Hall–Kier alpha value is -3.48. The molecule has 3 heterocycles. The number of carbonyl (C=O) groups is 1. The standard InChI is InChI=1S/C23H26N6O/c1-14-6-8-18(9-7-14)19-10-11-24-23-22(19)16(3)27-29(23)13-21(30)25-12-20-15(2)26-28(5)17(20)4/h6-11H,12-13H2,1-5H3,(H,25,30). The summed E-state index contributed by atoms with van der Waals surface area (Å²) in [6.45, 7) is 8.55. The smallest absolute Gasteiger partial charge is 0.242 e. The first-order valence-electron chi connectivity index (χ1n) is 10.00. The van der Waals surface area contributed by atoms with Gasteiger partial charge in [-0.1, -0.05) is 29.8 Å². The maximum Gasteiger partial charge on any atom is 0.242 e. The van der Waals surface area contributed by atoms with Gasteiger partial charge < -0.3 is 5.32 Å². The second-order valence-corrected chi connectivity index (χ2v) is 7.72. The molecular weight excluding hydrogens is 376 g/mol. The Bertz CT molecular complexity index is 1230. The summed E-state index contributed by atoms with van der Waals surface area (Å²) in [7, 11) is 1.91. The molecule has 154 valence electrons. The molecule has 1 N–H and O–H groups in total. The number of carbonyl (C=O) groups excluding carboxylic acids is 1. The Kier molecular flexibility index (Phi) is 5.11. The Morgan fingerprint density at radius 3 is 2.40 bits per heavy atom. The van der Waals surface area contributed by atoms with Crippen molar-refractivity contribution in [3.63, 3.8) is 0 Å². The molecule has 0 radical (unpaired) electrons. The molecule has 0 unspecified atom stereocenters. The highest BCUT2D eigenvalue weighted by atomic mass is 16.2. The molecule has 0 fully saturated rings. The van der Waals surface area contributed by atoms with Crippen LogP contribution in [0, 0.1) is 27.7 Å². The van der Waals surface area contributed by atoms with Crippen molar-refractivity contribution in [3.8, 4) is 11.1 Å². The first kappa shape index (κ1) is 19.8. The van der Waals surface area contributed by atoms with Crippen LogP contribution in [-0.4, -0.2) is 30.5 Å². The van der Waals surface area contributed by atoms with E-state index in [1.54, 1.807) is 10.9 Å². The normalized spacial score (nSPS) is 11.2. The molecule has 7 heteroatoms. The number of nitrogens with zero attached hydrogens (tertiary/aromatic N) is 5. The number of rotatable bonds is 5. The van der Waals surface area contributed by atoms with E-state index >= 15 is 0 Å². The van der Waals surface area contributed by atoms with Crippen molar-refractivity contribution < 1.29 is 4.79 Å². The lowest BCUT2D eigenvalue weighted by Gasteiger charge is -2.07. The Morgan fingerprint density at radius 2 is 1.73 bits per heavy atom. The van der Waals surface area contributed by atoms with Gasteiger partial charge in [-0.25, -0.2) is 9.67 Å². The number of hydrogen-bond donors (Lipinski definition) is 1. The largest absolute Gasteiger partial charge is 0.350 e. The number of pyridine rings is 1. The van der Waals surface area contributed by atoms with Gasteiger partial charge in [-0.15, -0.1) is 0 Å². The minimum Gasteiger partial charge on any atom is -0.350 e. The molecule has 0 aliphatic carbocycles. The average Bonchev–Trinajstić information content (AvgIpc) is 3.16. The van der Waals surface area contributed by atoms with E-state index in [0.29, 0.717) is 6.54 Å². The molecule has 3 aromatic heterocycles. The van der Waals surface area contributed by atoms with Crippen LogP contribution < -0.4 is 5.32 Å². The summed E-state index contributed by atoms with van der Waals surface area (Å²) in [6, 6.07) is 10.4. The maximum atomic E-state index is 12.6. The molecule has 7 nitrogen and oxygen atoms in total. The van der Waals surface area contributed by atoms with Crippen LogP contribution in [0.1, 0.15) is 28.2 Å². The topological polar surface area (TPSA) is 77.6 Å². The number of hydrogen-bond acceptors (Lipinski definition) is 4. The molecule has 4 rings (SSSR count). The quantitative estimate of drug-likeness (QED) is 0.555. The van der Waals surface area contributed by atoms with Gasteiger partial charge in [0.05, 0.1) is 11.4 Å². The average molecular weight is 403 g/mol. The zero-order valence-electron chi connectivity index (χ0n) is 18.0. The summed E-state index contributed by atoms with van der Waals surface area (Å²) in [5.41, 5.74) is 8.01. The maximum absolute atomic E-state index is 12.6. The van der Waals surface area contributed by atoms with Crippen LogP contribution in [0.5, 0.6) is 0 Å². The first-order chi connectivity index (χ1) is 14.3. The van der Waals surface area contributed by atoms with Gasteiger partial charge >= 0.3 is 0 Å². The van der Waals surface area contributed by atoms with Crippen molar-refractivity contribution in [2.24, 2.45) is 7.05 Å². The van der Waals surface area contributed by atoms with Gasteiger partial charge in [0.1, 0.15) is 6.54 Å². The third-order valence-electron chi connectivity index (χ3n) is 5.59. The van der Waals surface area contributed by atoms with E-state index < -0.39 is 0 Å². The zero-order valence-corrected chi connectivity index (χ0v) is 18.0. The molecule has 0 saturated carbocycles. The van der Waals surface area contributed by atoms with Crippen LogP contribution >= 0.6 is 0 Å². The summed E-state index contributed by atoms with van der Waals surface area (Å²) in [5.74, 6) is -0.107. The van der Waals surface area contributed by atoms with Crippen LogP contribution in [0.2, 0.25) is 0 Å². The van der Waals surface area contributed by atoms with Gasteiger partial charge in [-0.2, -0.15) is 10.2 Å². The van der Waals surface area contributed by atoms with E-state index in [2.05, 4.69) is 51.7 Å². The minimum atomic E-state index is -0.107. The number of aryl methyl sites for hydroxylation is 4. The predicted molar refractivity (Wildman–Crippen MR) is 117 cm³/mol. The van der Waals surface area contributed by atoms with Gasteiger partial charge in [-0.05, 0) is 44.9 Å². The van der Waals surface area contributed by atoms with Crippen LogP contribution in [-0.2, 0) is 24.9 Å². The highest BCUT2D eigenvalue weighted by Crippen LogP contribution is 2.29. The van der Waals surface area contributed by atoms with Gasteiger partial charge in [0, 0.05) is 36.4 Å². The summed E-state index contributed by atoms with van der Waals surface area (Å²) in [5, 5.41) is 13.0. The summed E-state index contributed by atoms with van der Waals surface area (Å²) >= 11 is 0. The number of fused-ring (bicyclic) bond motifs is 1. The van der Waals surface area contributed by atoms with Crippen molar-refractivity contribution in [2.45, 2.75) is 40.8 Å². The van der Waals surface area contributed by atoms with Crippen molar-refractivity contribution in [2.75, 3.05) is 0 Å². The predicted octanol–water partition coefficient (Wildman–Crippen LogP) is 3.38. The second-order valence-electron chi connectivity index (χ2n) is 7.72. The lowest BCUT2D eigenvalue weighted by Crippen LogP contribution is -2.28. The van der Waals surface area contributed by atoms with Crippen molar-refractivity contribution >= 4 is 16.9 Å². The Labute approximate surface area is 175 Å². The van der Waals surface area contributed by atoms with Gasteiger partial charge in [0.25, 0.3) is 0 Å². The Balaban J connectivity index is 1.58. The van der Waals surface area contributed by atoms with Gasteiger partial charge in [0.2, 0.25) is 5.91 Å². The number of benzene rings is 1. The molecule has 0 saturated heterocycles. The molecule has 0 spiro atoms. The molecule has 4 aromatic rings. The lowest BCUT2D eigenvalue weighted by atomic mass is 10.0. The van der Waals surface area contributed by atoms with Gasteiger partial charge in [-0.3, -0.25) is 9.48 Å². The third kappa shape index (κ3) is 3.58. The first-order valence-corrected chi connectivity index (χ1v) is 10.00. The number of nitrogens with one attached hydrogen (secondary N) is 1. The third-order valence-corrected chi connectivity index (χ3v) is 5.59. The van der Waals surface area contributed by atoms with Crippen molar-refractivity contribution in [1.82, 2.24) is 29.9 Å². The van der Waals surface area contributed by atoms with E-state index in [0.717, 1.165) is 44.8 Å². The number of aromatic nitrogens is 5. The van der Waals surface area contributed by atoms with E-state index in [4.69, 9.17) is 0 Å². The summed E-state index contributed by atoms with van der Waals surface area (Å²) in [4.78, 5) is 17.1. The second kappa shape index (κ2) is 7.74. The van der Waals surface area contributed by atoms with Crippen LogP contribution in [0.25, 0.3) is 22.2 Å². The molecular formula is C23H26N6O. The highest BCUT2D eigenvalue weighted by molar-refractivity contribution is 5.95. The van der Waals surface area contributed by atoms with Crippen molar-refractivity contribution in [1.29, 1.82) is 0 Å². The Morgan fingerprint density at radius 1 is 1.00 bits per heavy atom. The fraction of sp³-hybridized carbons (Fsp3) is 0.304. The molecule has 0 aliphatic rings. The van der Waals surface area contributed by atoms with Crippen molar-refractivity contribution in [3.05, 3.63) is 64.7 Å². The van der Waals surface area contributed by atoms with E-state index in [1.165, 1.54) is 5.56 Å². The molecule has 30 heavy (non-hydrogen) atoms. The van der Waals surface area contributed by atoms with Crippen LogP contribution in [0.4, 0.5) is 0 Å². The fourth-order valence-corrected chi connectivity index (χ4v) is 3.82. The number of amides is 1. The lowest BCUT2D eigenvalue weighted by molar-refractivity contribution is -0.121. The van der Waals surface area contributed by atoms with E-state index in [9.17, 15) is 4.79 Å². The minimum absolute atomic E-state index is 0.107. The SMILES string of the molecule is Cc1ccc(-c2ccnc3c2c(C)nn3CC(=O)NCc2c(C)nn(C)c2C)cc1. The summed E-state index contributed by atoms with van der Waals surface area (Å²) < 4.78 is 3.51. The molecule has 0 aliphatic heterocycles. The van der Waals surface area contributed by atoms with Crippen LogP contribution in [0.3, 0.4) is 0 Å². The van der Waals surface area contributed by atoms with Crippen LogP contribution in [0.15, 0.2) is 36.5 Å². The molecule has 1 aromatic carbocycles. The highest BCUT2D eigenvalue weighted by Gasteiger charge is 2.16. The van der Waals surface area contributed by atoms with Gasteiger partial charge in [0.15, 0.2) is 5.65 Å². The van der Waals surface area contributed by atoms with E-state index in [-0.39, 0.29) is 12.5 Å². The monoisotopic (exact) mass is 402 g/mol. The molecule has 0 atom stereocenters. The molecule has 1 amide bonds. The fourth-order valence-electron chi connectivity index (χ4n) is 3.82. The zero-order chi connectivity index (χ0) is 21.4. The molecule has 0 bridgehead atoms. The summed E-state index contributed by atoms with van der Waals surface area (Å²) in [6.07, 6.45) is 1.77. The van der Waals surface area contributed by atoms with E-state index in [1.807, 2.05) is 38.6 Å².